The molecule has 0 aliphatic heterocycles. The standard InChI is InChI=1S/C18H17BFNO5/c1-21(9-11-3-4-13(19)7-12(11)10-22)17(18(23)25-2)15-8-14(20)5-6-16(15)26-24/h3-8,10,17,24H,9H2,1-2H3. The molecule has 2 rings (SSSR count). The number of nitrogens with zero attached hydrogens (tertiary/aromatic N) is 1. The van der Waals surface area contributed by atoms with Gasteiger partial charge in [0.05, 0.1) is 7.11 Å². The van der Waals surface area contributed by atoms with Crippen LogP contribution < -0.4 is 10.4 Å². The molecule has 0 heterocycles. The van der Waals surface area contributed by atoms with Gasteiger partial charge in [0.15, 0.2) is 5.75 Å². The maximum atomic E-state index is 13.7. The lowest BCUT2D eigenvalue weighted by Crippen LogP contribution is -2.32. The van der Waals surface area contributed by atoms with Crippen molar-refractivity contribution in [3.05, 3.63) is 58.9 Å². The second-order valence-corrected chi connectivity index (χ2v) is 5.69. The zero-order valence-corrected chi connectivity index (χ0v) is 14.3. The lowest BCUT2D eigenvalue weighted by atomic mass is 9.92. The number of carbonyl (C=O) groups is 2. The molecule has 0 fully saturated rings. The summed E-state index contributed by atoms with van der Waals surface area (Å²) in [6.45, 7) is 0.162. The summed E-state index contributed by atoms with van der Waals surface area (Å²) in [6.07, 6.45) is 0.664. The van der Waals surface area contributed by atoms with Crippen molar-refractivity contribution in [3.8, 4) is 5.75 Å². The maximum Gasteiger partial charge on any atom is 0.327 e. The normalized spacial score (nSPS) is 11.9. The third-order valence-corrected chi connectivity index (χ3v) is 3.95. The molecule has 2 aromatic rings. The average Bonchev–Trinajstić information content (AvgIpc) is 2.63. The summed E-state index contributed by atoms with van der Waals surface area (Å²) in [7, 11) is 8.47. The number of methoxy groups -OCH3 is 1. The quantitative estimate of drug-likeness (QED) is 0.267. The fraction of sp³-hybridized carbons (Fsp3) is 0.222. The van der Waals surface area contributed by atoms with Crippen molar-refractivity contribution in [2.75, 3.05) is 14.2 Å². The van der Waals surface area contributed by atoms with Gasteiger partial charge < -0.3 is 9.62 Å². The average molecular weight is 357 g/mol. The van der Waals surface area contributed by atoms with Crippen molar-refractivity contribution in [1.29, 1.82) is 0 Å². The first-order chi connectivity index (χ1) is 12.4. The molecule has 6 nitrogen and oxygen atoms in total. The van der Waals surface area contributed by atoms with Crippen LogP contribution in [0.5, 0.6) is 5.75 Å². The van der Waals surface area contributed by atoms with E-state index < -0.39 is 17.8 Å². The van der Waals surface area contributed by atoms with Crippen LogP contribution in [0.2, 0.25) is 0 Å². The predicted molar refractivity (Wildman–Crippen MR) is 93.1 cm³/mol. The highest BCUT2D eigenvalue weighted by molar-refractivity contribution is 6.32. The van der Waals surface area contributed by atoms with Crippen LogP contribution in [-0.4, -0.2) is 44.4 Å². The molecular formula is C18H17BFNO5. The first-order valence-corrected chi connectivity index (χ1v) is 7.63. The highest BCUT2D eigenvalue weighted by atomic mass is 19.1. The van der Waals surface area contributed by atoms with Crippen LogP contribution in [0.1, 0.15) is 27.5 Å². The summed E-state index contributed by atoms with van der Waals surface area (Å²) in [5.41, 5.74) is 1.51. The number of benzene rings is 2. The number of esters is 1. The van der Waals surface area contributed by atoms with Gasteiger partial charge in [0.2, 0.25) is 0 Å². The fourth-order valence-electron chi connectivity index (χ4n) is 2.70. The van der Waals surface area contributed by atoms with E-state index in [0.717, 1.165) is 12.1 Å². The molecule has 0 amide bonds. The second-order valence-electron chi connectivity index (χ2n) is 5.69. The van der Waals surface area contributed by atoms with Gasteiger partial charge in [-0.2, -0.15) is 0 Å². The minimum Gasteiger partial charge on any atom is -0.468 e. The Morgan fingerprint density at radius 1 is 1.35 bits per heavy atom. The topological polar surface area (TPSA) is 76.1 Å². The van der Waals surface area contributed by atoms with E-state index in [2.05, 4.69) is 4.89 Å². The van der Waals surface area contributed by atoms with Crippen molar-refractivity contribution in [1.82, 2.24) is 4.90 Å². The maximum absolute atomic E-state index is 13.7. The molecular weight excluding hydrogens is 340 g/mol. The molecule has 0 spiro atoms. The largest absolute Gasteiger partial charge is 0.468 e. The lowest BCUT2D eigenvalue weighted by Gasteiger charge is -2.27. The van der Waals surface area contributed by atoms with Gasteiger partial charge in [0, 0.05) is 17.7 Å². The van der Waals surface area contributed by atoms with Crippen molar-refractivity contribution < 1.29 is 28.9 Å². The molecule has 0 bridgehead atoms. The van der Waals surface area contributed by atoms with Gasteiger partial charge in [-0.1, -0.05) is 23.7 Å². The molecule has 1 N–H and O–H groups in total. The first-order valence-electron chi connectivity index (χ1n) is 7.63. The molecule has 0 aromatic heterocycles. The van der Waals surface area contributed by atoms with Crippen LogP contribution in [0.3, 0.4) is 0 Å². The zero-order chi connectivity index (χ0) is 19.3. The number of aldehydes is 1. The minimum absolute atomic E-state index is 0.0819. The molecule has 1 unspecified atom stereocenters. The number of hydrogen-bond donors (Lipinski definition) is 1. The Morgan fingerprint density at radius 3 is 2.69 bits per heavy atom. The Balaban J connectivity index is 2.43. The van der Waals surface area contributed by atoms with E-state index in [0.29, 0.717) is 22.9 Å². The number of halogens is 1. The SMILES string of the molecule is [B]c1ccc(CN(C)C(C(=O)OC)c2cc(F)ccc2OO)c(C=O)c1. The molecule has 8 heteroatoms. The number of ether oxygens (including phenoxy) is 1. The van der Waals surface area contributed by atoms with E-state index in [4.69, 9.17) is 17.8 Å². The zero-order valence-electron chi connectivity index (χ0n) is 14.3. The number of carbonyl (C=O) groups excluding carboxylic acids is 2. The van der Waals surface area contributed by atoms with Crippen LogP contribution in [0, 0.1) is 5.82 Å². The fourth-order valence-corrected chi connectivity index (χ4v) is 2.70. The van der Waals surface area contributed by atoms with Gasteiger partial charge in [-0.05, 0) is 30.8 Å². The van der Waals surface area contributed by atoms with Gasteiger partial charge in [-0.25, -0.2) is 14.4 Å². The van der Waals surface area contributed by atoms with Crippen molar-refractivity contribution in [3.63, 3.8) is 0 Å². The van der Waals surface area contributed by atoms with Crippen molar-refractivity contribution in [2.45, 2.75) is 12.6 Å². The van der Waals surface area contributed by atoms with Gasteiger partial charge in [0.25, 0.3) is 0 Å². The van der Waals surface area contributed by atoms with Gasteiger partial charge in [0.1, 0.15) is 26.0 Å². The molecule has 134 valence electrons. The number of hydrogen-bond acceptors (Lipinski definition) is 6. The van der Waals surface area contributed by atoms with Gasteiger partial charge in [-0.15, -0.1) is 0 Å². The summed E-state index contributed by atoms with van der Waals surface area (Å²) >= 11 is 0. The van der Waals surface area contributed by atoms with Gasteiger partial charge in [-0.3, -0.25) is 9.69 Å². The summed E-state index contributed by atoms with van der Waals surface area (Å²) in [6, 6.07) is 7.12. The van der Waals surface area contributed by atoms with Crippen molar-refractivity contribution >= 4 is 25.6 Å². The van der Waals surface area contributed by atoms with E-state index in [1.807, 2.05) is 0 Å². The third kappa shape index (κ3) is 4.28. The molecule has 0 aliphatic rings. The molecule has 1 atom stereocenters. The highest BCUT2D eigenvalue weighted by Crippen LogP contribution is 2.31. The van der Waals surface area contributed by atoms with Crippen LogP contribution in [0.15, 0.2) is 36.4 Å². The minimum atomic E-state index is -1.07. The predicted octanol–water partition coefficient (Wildman–Crippen LogP) is 1.63. The molecule has 2 aromatic carbocycles. The lowest BCUT2D eigenvalue weighted by molar-refractivity contribution is -0.149. The van der Waals surface area contributed by atoms with E-state index in [1.54, 1.807) is 24.1 Å². The Kier molecular flexibility index (Phi) is 6.49. The van der Waals surface area contributed by atoms with E-state index in [1.165, 1.54) is 19.2 Å². The van der Waals surface area contributed by atoms with E-state index in [-0.39, 0.29) is 17.9 Å². The molecule has 0 saturated heterocycles. The number of rotatable bonds is 7. The van der Waals surface area contributed by atoms with Crippen molar-refractivity contribution in [2.24, 2.45) is 0 Å². The molecule has 0 aliphatic carbocycles. The third-order valence-electron chi connectivity index (χ3n) is 3.95. The molecule has 0 saturated carbocycles. The highest BCUT2D eigenvalue weighted by Gasteiger charge is 2.30. The summed E-state index contributed by atoms with van der Waals surface area (Å²) < 4.78 is 18.5. The van der Waals surface area contributed by atoms with E-state index in [9.17, 15) is 14.0 Å². The molecule has 26 heavy (non-hydrogen) atoms. The van der Waals surface area contributed by atoms with E-state index >= 15 is 0 Å². The Labute approximate surface area is 151 Å². The Bertz CT molecular complexity index is 814. The Morgan fingerprint density at radius 2 is 2.08 bits per heavy atom. The monoisotopic (exact) mass is 357 g/mol. The smallest absolute Gasteiger partial charge is 0.327 e. The number of likely N-dealkylation sites (N-methyl/N-ethyl adjacent to an activating group) is 1. The van der Waals surface area contributed by atoms with Gasteiger partial charge >= 0.3 is 5.97 Å². The first kappa shape index (κ1) is 19.6. The summed E-state index contributed by atoms with van der Waals surface area (Å²) in [5, 5.41) is 9.04. The second kappa shape index (κ2) is 8.60. The Hall–Kier alpha value is -2.71. The van der Waals surface area contributed by atoms with Crippen LogP contribution >= 0.6 is 0 Å². The van der Waals surface area contributed by atoms with Crippen LogP contribution in [-0.2, 0) is 16.1 Å². The summed E-state index contributed by atoms with van der Waals surface area (Å²) in [4.78, 5) is 29.4. The summed E-state index contributed by atoms with van der Waals surface area (Å²) in [5.74, 6) is -1.37. The van der Waals surface area contributed by atoms with Crippen LogP contribution in [0.25, 0.3) is 0 Å². The van der Waals surface area contributed by atoms with Crippen LogP contribution in [0.4, 0.5) is 4.39 Å². The molecule has 2 radical (unpaired) electrons.